The first-order valence-corrected chi connectivity index (χ1v) is 9.29. The number of hydrogen-bond donors (Lipinski definition) is 2. The fraction of sp³-hybridized carbons (Fsp3) is 0.105. The average Bonchev–Trinajstić information content (AvgIpc) is 2.95. The zero-order chi connectivity index (χ0) is 19.2. The van der Waals surface area contributed by atoms with E-state index < -0.39 is 0 Å². The number of rotatable bonds is 6. The summed E-state index contributed by atoms with van der Waals surface area (Å²) in [6.45, 7) is -0.159. The van der Waals surface area contributed by atoms with Crippen LogP contribution in [0.4, 0.5) is 5.69 Å². The molecule has 1 heterocycles. The lowest BCUT2D eigenvalue weighted by atomic mass is 10.2. The lowest BCUT2D eigenvalue weighted by Crippen LogP contribution is -2.41. The third-order valence-corrected chi connectivity index (χ3v) is 5.10. The molecule has 6 nitrogen and oxygen atoms in total. The van der Waals surface area contributed by atoms with Crippen molar-refractivity contribution >= 4 is 51.9 Å². The second kappa shape index (κ2) is 8.70. The van der Waals surface area contributed by atoms with Crippen LogP contribution >= 0.6 is 24.0 Å². The molecule has 0 bridgehead atoms. The molecule has 2 amide bonds. The maximum Gasteiger partial charge on any atom is 0.266 e. The Hall–Kier alpha value is -2.84. The lowest BCUT2D eigenvalue weighted by Gasteiger charge is -2.15. The Morgan fingerprint density at radius 1 is 1.19 bits per heavy atom. The van der Waals surface area contributed by atoms with E-state index in [0.717, 1.165) is 11.3 Å². The van der Waals surface area contributed by atoms with Crippen LogP contribution in [0.3, 0.4) is 0 Å². The summed E-state index contributed by atoms with van der Waals surface area (Å²) in [6, 6.07) is 16.6. The van der Waals surface area contributed by atoms with Crippen LogP contribution in [0.1, 0.15) is 5.56 Å². The number of nitrogens with one attached hydrogen (secondary N) is 2. The zero-order valence-electron chi connectivity index (χ0n) is 14.5. The summed E-state index contributed by atoms with van der Waals surface area (Å²) in [7, 11) is 1.57. The molecule has 0 spiro atoms. The Kier molecular flexibility index (Phi) is 6.10. The van der Waals surface area contributed by atoms with Gasteiger partial charge in [-0.1, -0.05) is 60.4 Å². The van der Waals surface area contributed by atoms with E-state index in [1.165, 1.54) is 16.7 Å². The molecule has 0 unspecified atom stereocenters. The van der Waals surface area contributed by atoms with Crippen LogP contribution in [0, 0.1) is 0 Å². The quantitative estimate of drug-likeness (QED) is 0.442. The molecule has 27 heavy (non-hydrogen) atoms. The van der Waals surface area contributed by atoms with Crippen LogP contribution in [0.2, 0.25) is 0 Å². The van der Waals surface area contributed by atoms with Crippen LogP contribution in [0.5, 0.6) is 5.75 Å². The number of nitrogens with zero attached hydrogens (tertiary/aromatic N) is 1. The molecule has 1 fully saturated rings. The molecule has 3 rings (SSSR count). The normalized spacial score (nSPS) is 15.1. The number of hydrogen-bond acceptors (Lipinski definition) is 6. The molecule has 1 saturated heterocycles. The van der Waals surface area contributed by atoms with E-state index in [2.05, 4.69) is 10.9 Å². The molecule has 2 aromatic carbocycles. The highest BCUT2D eigenvalue weighted by Gasteiger charge is 2.33. The van der Waals surface area contributed by atoms with Crippen LogP contribution in [-0.2, 0) is 9.59 Å². The number of carbonyl (C=O) groups excluding carboxylic acids is 2. The molecular weight excluding hydrogens is 382 g/mol. The zero-order valence-corrected chi connectivity index (χ0v) is 16.1. The fourth-order valence-electron chi connectivity index (χ4n) is 2.41. The van der Waals surface area contributed by atoms with Gasteiger partial charge in [-0.15, -0.1) is 0 Å². The van der Waals surface area contributed by atoms with Crippen LogP contribution in [0.25, 0.3) is 6.08 Å². The molecule has 0 radical (unpaired) electrons. The van der Waals surface area contributed by atoms with Gasteiger partial charge in [0.15, 0.2) is 0 Å². The Bertz CT molecular complexity index is 900. The van der Waals surface area contributed by atoms with Gasteiger partial charge < -0.3 is 4.74 Å². The first-order valence-electron chi connectivity index (χ1n) is 8.07. The largest absolute Gasteiger partial charge is 0.496 e. The van der Waals surface area contributed by atoms with Gasteiger partial charge in [-0.2, -0.15) is 0 Å². The Morgan fingerprint density at radius 2 is 1.89 bits per heavy atom. The van der Waals surface area contributed by atoms with Gasteiger partial charge in [0.1, 0.15) is 16.6 Å². The number of anilines is 1. The summed E-state index contributed by atoms with van der Waals surface area (Å²) in [5, 5.41) is 0. The molecule has 2 aromatic rings. The standard InChI is InChI=1S/C19H17N3O3S2/c1-25-15-10-6-5-7-13(15)11-16-18(24)22(19(26)27-16)12-17(23)21-20-14-8-3-2-4-9-14/h2-11,20H,12H2,1H3,(H,21,23). The Labute approximate surface area is 166 Å². The van der Waals surface area contributed by atoms with Crippen molar-refractivity contribution in [3.8, 4) is 5.75 Å². The highest BCUT2D eigenvalue weighted by Crippen LogP contribution is 2.33. The van der Waals surface area contributed by atoms with E-state index >= 15 is 0 Å². The third-order valence-electron chi connectivity index (χ3n) is 3.72. The maximum absolute atomic E-state index is 12.6. The van der Waals surface area contributed by atoms with Gasteiger partial charge in [-0.05, 0) is 24.3 Å². The van der Waals surface area contributed by atoms with E-state index in [4.69, 9.17) is 17.0 Å². The van der Waals surface area contributed by atoms with Crippen molar-refractivity contribution in [2.24, 2.45) is 0 Å². The van der Waals surface area contributed by atoms with Gasteiger partial charge in [-0.3, -0.25) is 25.3 Å². The molecule has 1 aliphatic rings. The van der Waals surface area contributed by atoms with E-state index in [0.29, 0.717) is 15.0 Å². The molecule has 138 valence electrons. The minimum Gasteiger partial charge on any atom is -0.496 e. The number of benzene rings is 2. The molecule has 0 saturated carbocycles. The number of thiocarbonyl (C=S) groups is 1. The van der Waals surface area contributed by atoms with Gasteiger partial charge in [0.25, 0.3) is 11.8 Å². The first-order chi connectivity index (χ1) is 13.1. The van der Waals surface area contributed by atoms with Gasteiger partial charge in [0.2, 0.25) is 0 Å². The van der Waals surface area contributed by atoms with Crippen molar-refractivity contribution in [2.45, 2.75) is 0 Å². The fourth-order valence-corrected chi connectivity index (χ4v) is 3.66. The molecule has 0 atom stereocenters. The van der Waals surface area contributed by atoms with Crippen molar-refractivity contribution in [1.82, 2.24) is 10.3 Å². The number of carbonyl (C=O) groups is 2. The highest BCUT2D eigenvalue weighted by atomic mass is 32.2. The van der Waals surface area contributed by atoms with E-state index in [9.17, 15) is 9.59 Å². The minimum absolute atomic E-state index is 0.159. The number of amides is 2. The van der Waals surface area contributed by atoms with Crippen molar-refractivity contribution in [1.29, 1.82) is 0 Å². The minimum atomic E-state index is -0.367. The van der Waals surface area contributed by atoms with Gasteiger partial charge in [0.05, 0.1) is 17.7 Å². The lowest BCUT2D eigenvalue weighted by molar-refractivity contribution is -0.128. The van der Waals surface area contributed by atoms with Crippen molar-refractivity contribution < 1.29 is 14.3 Å². The summed E-state index contributed by atoms with van der Waals surface area (Å²) in [5.41, 5.74) is 6.87. The Morgan fingerprint density at radius 3 is 2.63 bits per heavy atom. The predicted octanol–water partition coefficient (Wildman–Crippen LogP) is 3.04. The van der Waals surface area contributed by atoms with Gasteiger partial charge in [-0.25, -0.2) is 0 Å². The van der Waals surface area contributed by atoms with Crippen molar-refractivity contribution in [3.63, 3.8) is 0 Å². The average molecular weight is 399 g/mol. The summed E-state index contributed by atoms with van der Waals surface area (Å²) >= 11 is 6.43. The highest BCUT2D eigenvalue weighted by molar-refractivity contribution is 8.26. The van der Waals surface area contributed by atoms with Crippen molar-refractivity contribution in [3.05, 3.63) is 65.1 Å². The van der Waals surface area contributed by atoms with Crippen molar-refractivity contribution in [2.75, 3.05) is 19.1 Å². The number of hydrazine groups is 1. The molecule has 2 N–H and O–H groups in total. The smallest absolute Gasteiger partial charge is 0.266 e. The van der Waals surface area contributed by atoms with Crippen LogP contribution in [0.15, 0.2) is 59.5 Å². The summed E-state index contributed by atoms with van der Waals surface area (Å²) < 4.78 is 5.64. The predicted molar refractivity (Wildman–Crippen MR) is 111 cm³/mol. The molecule has 0 aliphatic carbocycles. The van der Waals surface area contributed by atoms with Crippen LogP contribution in [-0.4, -0.2) is 34.7 Å². The van der Waals surface area contributed by atoms with Gasteiger partial charge in [0, 0.05) is 5.56 Å². The molecule has 8 heteroatoms. The summed E-state index contributed by atoms with van der Waals surface area (Å²) in [5.74, 6) is -0.00738. The second-order valence-corrected chi connectivity index (χ2v) is 7.22. The summed E-state index contributed by atoms with van der Waals surface area (Å²) in [6.07, 6.45) is 1.72. The molecule has 1 aliphatic heterocycles. The van der Waals surface area contributed by atoms with Gasteiger partial charge >= 0.3 is 0 Å². The van der Waals surface area contributed by atoms with E-state index in [1.54, 1.807) is 13.2 Å². The number of thioether (sulfide) groups is 1. The maximum atomic E-state index is 12.6. The summed E-state index contributed by atoms with van der Waals surface area (Å²) in [4.78, 5) is 26.5. The third kappa shape index (κ3) is 4.66. The second-order valence-electron chi connectivity index (χ2n) is 5.55. The van der Waals surface area contributed by atoms with Crippen LogP contribution < -0.4 is 15.6 Å². The number of ether oxygens (including phenoxy) is 1. The molecular formula is C19H17N3O3S2. The Balaban J connectivity index is 1.65. The van der Waals surface area contributed by atoms with E-state index in [1.807, 2.05) is 54.6 Å². The SMILES string of the molecule is COc1ccccc1C=C1SC(=S)N(CC(=O)NNc2ccccc2)C1=O. The number of para-hydroxylation sites is 2. The van der Waals surface area contributed by atoms with E-state index in [-0.39, 0.29) is 18.4 Å². The topological polar surface area (TPSA) is 70.7 Å². The molecule has 0 aromatic heterocycles. The number of methoxy groups -OCH3 is 1. The monoisotopic (exact) mass is 399 g/mol. The first kappa shape index (κ1) is 18.9.